The topological polar surface area (TPSA) is 173 Å². The van der Waals surface area contributed by atoms with Crippen LogP contribution in [0.5, 0.6) is 0 Å². The number of nitro benzene ring substituents is 2. The number of hydrogen-bond acceptors (Lipinski definition) is 10. The molecule has 4 rings (SSSR count). The van der Waals surface area contributed by atoms with Crippen LogP contribution < -0.4 is 5.43 Å². The van der Waals surface area contributed by atoms with Crippen molar-refractivity contribution in [2.24, 2.45) is 21.2 Å². The van der Waals surface area contributed by atoms with Crippen LogP contribution in [-0.2, 0) is 4.79 Å². The Labute approximate surface area is 299 Å². The number of ketones is 1. The lowest BCUT2D eigenvalue weighted by Crippen LogP contribution is -2.07. The fourth-order valence-corrected chi connectivity index (χ4v) is 2.92. The number of anilines is 1. The second-order valence-corrected chi connectivity index (χ2v) is 7.72. The molecule has 0 amide bonds. The van der Waals surface area contributed by atoms with Crippen molar-refractivity contribution in [2.45, 2.75) is 89.2 Å². The minimum Gasteiger partial charge on any atom is -0.385 e. The Balaban J connectivity index is -0.000000326. The van der Waals surface area contributed by atoms with Crippen molar-refractivity contribution in [2.75, 3.05) is 5.43 Å². The van der Waals surface area contributed by atoms with Gasteiger partial charge in [0.2, 0.25) is 0 Å². The number of carbonyl (C=O) groups excluding carboxylic acids is 1. The molecule has 0 atom stereocenters. The molecular weight excluding hydrogens is 636 g/mol. The third-order valence-electron chi connectivity index (χ3n) is 4.90. The van der Waals surface area contributed by atoms with E-state index < -0.39 is 16.0 Å². The van der Waals surface area contributed by atoms with E-state index in [0.717, 1.165) is 5.57 Å². The summed E-state index contributed by atoms with van der Waals surface area (Å²) in [5.74, 6) is -0.0293. The van der Waals surface area contributed by atoms with Crippen LogP contribution in [-0.4, -0.2) is 33.1 Å². The van der Waals surface area contributed by atoms with Gasteiger partial charge in [0.25, 0.3) is 11.4 Å². The number of hydrazone groups is 1. The number of nitrogens with one attached hydrogen (secondary N) is 1. The highest BCUT2D eigenvalue weighted by Crippen LogP contribution is 2.19. The van der Waals surface area contributed by atoms with E-state index in [0.29, 0.717) is 11.4 Å². The first-order valence-electron chi connectivity index (χ1n) is 17.1. The number of aliphatic hydroxyl groups excluding tert-OH is 1. The number of nitro groups is 2. The van der Waals surface area contributed by atoms with Gasteiger partial charge in [-0.2, -0.15) is 15.3 Å². The van der Waals surface area contributed by atoms with Crippen molar-refractivity contribution >= 4 is 34.7 Å². The molecule has 2 aliphatic rings. The Morgan fingerprint density at radius 1 is 0.660 bits per heavy atom. The lowest BCUT2D eigenvalue weighted by atomic mass is 10.0. The average molecular weight is 695 g/mol. The second kappa shape index (κ2) is 36.5. The van der Waals surface area contributed by atoms with Gasteiger partial charge in [0.05, 0.1) is 33.5 Å². The predicted molar refractivity (Wildman–Crippen MR) is 210 cm³/mol. The largest absolute Gasteiger partial charge is 0.385 e. The molecule has 0 aliphatic heterocycles. The quantitative estimate of drug-likeness (QED) is 0.0953. The lowest BCUT2D eigenvalue weighted by molar-refractivity contribution is -0.385. The Bertz CT molecular complexity index is 1350. The van der Waals surface area contributed by atoms with Crippen LogP contribution in [0.3, 0.4) is 0 Å². The minimum absolute atomic E-state index is 0.00830. The summed E-state index contributed by atoms with van der Waals surface area (Å²) in [4.78, 5) is 30.9. The normalized spacial score (nSPS) is 14.3. The summed E-state index contributed by atoms with van der Waals surface area (Å²) in [5.41, 5.74) is 4.78. The van der Waals surface area contributed by atoms with Crippen molar-refractivity contribution < 1.29 is 19.7 Å². The van der Waals surface area contributed by atoms with Gasteiger partial charge in [0.15, 0.2) is 5.78 Å². The molecule has 2 aliphatic carbocycles. The number of azo groups is 1. The van der Waals surface area contributed by atoms with Crippen molar-refractivity contribution in [3.8, 4) is 0 Å². The molecule has 276 valence electrons. The SMILES string of the molecule is CC.CC.CC.CC.CC.CC.O=C1C=CC(=CN=Nc2ccc([N+](=O)[O-])cc2)C=C1.O=[N+]([O-])c1ccc(NN=CC2C=CC(O)C=C2)cc1. The Morgan fingerprint density at radius 2 is 1.08 bits per heavy atom. The molecule has 50 heavy (non-hydrogen) atoms. The summed E-state index contributed by atoms with van der Waals surface area (Å²) >= 11 is 0. The van der Waals surface area contributed by atoms with Gasteiger partial charge in [-0.25, -0.2) is 0 Å². The number of hydrogen-bond donors (Lipinski definition) is 2. The summed E-state index contributed by atoms with van der Waals surface area (Å²) in [5, 5.41) is 41.9. The fraction of sp³-hybridized carbons (Fsp3) is 0.368. The van der Waals surface area contributed by atoms with E-state index in [1.54, 1.807) is 42.7 Å². The Kier molecular flexibility index (Phi) is 37.6. The van der Waals surface area contributed by atoms with Crippen LogP contribution in [0.4, 0.5) is 22.7 Å². The van der Waals surface area contributed by atoms with Gasteiger partial charge in [-0.15, -0.1) is 0 Å². The molecule has 12 heteroatoms. The molecule has 0 fully saturated rings. The standard InChI is InChI=1S/C13H13N3O3.C13H9N3O3.6C2H6/c2*17-13-7-1-10(2-8-13)9-14-15-11-3-5-12(6-4-11)16(18)19;6*1-2/h1-10,13,15,17H;1-9H;6*1-2H3. The zero-order chi connectivity index (χ0) is 39.3. The maximum atomic E-state index is 10.9. The first-order valence-corrected chi connectivity index (χ1v) is 17.1. The first-order chi connectivity index (χ1) is 24.3. The van der Waals surface area contributed by atoms with Gasteiger partial charge in [0.1, 0.15) is 0 Å². The van der Waals surface area contributed by atoms with Crippen LogP contribution in [0.15, 0.2) is 124 Å². The van der Waals surface area contributed by atoms with E-state index in [2.05, 4.69) is 20.8 Å². The highest BCUT2D eigenvalue weighted by atomic mass is 16.6. The molecule has 0 saturated heterocycles. The molecule has 0 spiro atoms. The van der Waals surface area contributed by atoms with Gasteiger partial charge >= 0.3 is 0 Å². The number of benzene rings is 2. The number of aliphatic hydroxyl groups is 1. The van der Waals surface area contributed by atoms with Crippen molar-refractivity contribution in [1.82, 2.24) is 0 Å². The van der Waals surface area contributed by atoms with Gasteiger partial charge in [-0.1, -0.05) is 107 Å². The van der Waals surface area contributed by atoms with Gasteiger partial charge in [-0.3, -0.25) is 30.4 Å². The number of nitrogens with zero attached hydrogens (tertiary/aromatic N) is 5. The van der Waals surface area contributed by atoms with E-state index in [-0.39, 0.29) is 23.1 Å². The van der Waals surface area contributed by atoms with Crippen LogP contribution >= 0.6 is 0 Å². The van der Waals surface area contributed by atoms with Crippen LogP contribution in [0.2, 0.25) is 0 Å². The maximum Gasteiger partial charge on any atom is 0.269 e. The third-order valence-corrected chi connectivity index (χ3v) is 4.90. The smallest absolute Gasteiger partial charge is 0.269 e. The number of allylic oxidation sites excluding steroid dienone is 7. The molecule has 12 nitrogen and oxygen atoms in total. The van der Waals surface area contributed by atoms with Gasteiger partial charge in [-0.05, 0) is 54.1 Å². The van der Waals surface area contributed by atoms with E-state index in [9.17, 15) is 30.1 Å². The molecule has 2 N–H and O–H groups in total. The van der Waals surface area contributed by atoms with Gasteiger partial charge < -0.3 is 5.11 Å². The second-order valence-electron chi connectivity index (χ2n) is 7.72. The number of non-ortho nitro benzene ring substituents is 2. The van der Waals surface area contributed by atoms with Crippen molar-refractivity contribution in [3.05, 3.63) is 129 Å². The van der Waals surface area contributed by atoms with Crippen molar-refractivity contribution in [1.29, 1.82) is 0 Å². The van der Waals surface area contributed by atoms with Crippen LogP contribution in [0.25, 0.3) is 0 Å². The third kappa shape index (κ3) is 24.8. The maximum absolute atomic E-state index is 10.9. The molecule has 0 bridgehead atoms. The Morgan fingerprint density at radius 3 is 1.50 bits per heavy atom. The molecule has 0 unspecified atom stereocenters. The van der Waals surface area contributed by atoms with Crippen LogP contribution in [0, 0.1) is 26.1 Å². The Hall–Kier alpha value is -5.36. The van der Waals surface area contributed by atoms with E-state index >= 15 is 0 Å². The first kappa shape index (κ1) is 51.5. The monoisotopic (exact) mass is 694 g/mol. The van der Waals surface area contributed by atoms with Crippen molar-refractivity contribution in [3.63, 3.8) is 0 Å². The zero-order valence-electron chi connectivity index (χ0n) is 31.8. The van der Waals surface area contributed by atoms with Gasteiger partial charge in [0, 0.05) is 36.4 Å². The zero-order valence-corrected chi connectivity index (χ0v) is 31.8. The van der Waals surface area contributed by atoms with E-state index in [4.69, 9.17) is 0 Å². The fourth-order valence-electron chi connectivity index (χ4n) is 2.92. The average Bonchev–Trinajstić information content (AvgIpc) is 3.19. The summed E-state index contributed by atoms with van der Waals surface area (Å²) in [7, 11) is 0. The minimum atomic E-state index is -0.521. The molecule has 0 saturated carbocycles. The summed E-state index contributed by atoms with van der Waals surface area (Å²) in [6, 6.07) is 11.7. The van der Waals surface area contributed by atoms with E-state index in [1.165, 1.54) is 54.8 Å². The molecule has 0 radical (unpaired) electrons. The number of carbonyl (C=O) groups is 1. The molecule has 0 aromatic heterocycles. The highest BCUT2D eigenvalue weighted by molar-refractivity contribution is 6.01. The summed E-state index contributed by atoms with van der Waals surface area (Å²) in [6.07, 6.45) is 15.9. The number of rotatable bonds is 7. The molecular formula is C38H58N6O6. The molecule has 0 heterocycles. The summed E-state index contributed by atoms with van der Waals surface area (Å²) < 4.78 is 0. The predicted octanol–water partition coefficient (Wildman–Crippen LogP) is 11.5. The summed E-state index contributed by atoms with van der Waals surface area (Å²) in [6.45, 7) is 24.0. The molecule has 2 aromatic carbocycles. The van der Waals surface area contributed by atoms with Crippen LogP contribution in [0.1, 0.15) is 83.1 Å². The lowest BCUT2D eigenvalue weighted by Gasteiger charge is -2.08. The highest BCUT2D eigenvalue weighted by Gasteiger charge is 2.05. The van der Waals surface area contributed by atoms with E-state index in [1.807, 2.05) is 95.2 Å². The molecule has 2 aromatic rings.